The van der Waals surface area contributed by atoms with Crippen molar-refractivity contribution in [1.82, 2.24) is 9.97 Å². The first-order valence-electron chi connectivity index (χ1n) is 3.66. The lowest BCUT2D eigenvalue weighted by Gasteiger charge is -1.87. The van der Waals surface area contributed by atoms with Gasteiger partial charge >= 0.3 is 0 Å². The predicted octanol–water partition coefficient (Wildman–Crippen LogP) is 1.11. The highest BCUT2D eigenvalue weighted by Gasteiger charge is 2.10. The molecule has 2 heterocycles. The van der Waals surface area contributed by atoms with Gasteiger partial charge in [0.05, 0.1) is 16.6 Å². The molecule has 0 unspecified atom stereocenters. The van der Waals surface area contributed by atoms with E-state index in [-0.39, 0.29) is 5.56 Å². The van der Waals surface area contributed by atoms with E-state index >= 15 is 0 Å². The molecule has 0 saturated carbocycles. The highest BCUT2D eigenvalue weighted by atomic mass is 32.1. The van der Waals surface area contributed by atoms with Crippen LogP contribution in [0.4, 0.5) is 0 Å². The maximum Gasteiger partial charge on any atom is 0.259 e. The summed E-state index contributed by atoms with van der Waals surface area (Å²) in [6, 6.07) is 0. The molecule has 0 atom stereocenters. The van der Waals surface area contributed by atoms with Gasteiger partial charge in [-0.1, -0.05) is 0 Å². The van der Waals surface area contributed by atoms with E-state index in [1.165, 1.54) is 17.7 Å². The van der Waals surface area contributed by atoms with Crippen molar-refractivity contribution in [2.24, 2.45) is 0 Å². The summed E-state index contributed by atoms with van der Waals surface area (Å²) in [7, 11) is 0. The zero-order chi connectivity index (χ0) is 9.42. The van der Waals surface area contributed by atoms with Gasteiger partial charge in [-0.25, -0.2) is 4.98 Å². The van der Waals surface area contributed by atoms with E-state index in [1.807, 2.05) is 0 Å². The molecule has 0 aliphatic rings. The van der Waals surface area contributed by atoms with Crippen molar-refractivity contribution in [2.75, 3.05) is 0 Å². The molecule has 0 aliphatic heterocycles. The van der Waals surface area contributed by atoms with Gasteiger partial charge in [0, 0.05) is 0 Å². The van der Waals surface area contributed by atoms with Crippen LogP contribution in [0.5, 0.6) is 0 Å². The van der Waals surface area contributed by atoms with Crippen molar-refractivity contribution >= 4 is 27.8 Å². The lowest BCUT2D eigenvalue weighted by atomic mass is 10.2. The van der Waals surface area contributed by atoms with Crippen molar-refractivity contribution in [2.45, 2.75) is 6.92 Å². The summed E-state index contributed by atoms with van der Waals surface area (Å²) in [4.78, 5) is 29.5. The van der Waals surface area contributed by atoms with E-state index in [0.29, 0.717) is 20.7 Å². The van der Waals surface area contributed by atoms with Gasteiger partial charge in [-0.05, 0) is 12.5 Å². The quantitative estimate of drug-likeness (QED) is 0.691. The van der Waals surface area contributed by atoms with Crippen molar-refractivity contribution < 1.29 is 4.79 Å². The summed E-state index contributed by atoms with van der Waals surface area (Å²) in [5.41, 5.74) is 0.524. The summed E-state index contributed by atoms with van der Waals surface area (Å²) in [6.45, 7) is 1.75. The Morgan fingerprint density at radius 3 is 3.00 bits per heavy atom. The Kier molecular flexibility index (Phi) is 1.73. The Balaban J connectivity index is 3.01. The first-order valence-corrected chi connectivity index (χ1v) is 4.47. The molecule has 2 aromatic rings. The maximum atomic E-state index is 11.3. The smallest absolute Gasteiger partial charge is 0.259 e. The molecule has 2 rings (SSSR count). The Morgan fingerprint density at radius 2 is 2.38 bits per heavy atom. The number of aromatic nitrogens is 2. The number of hydrogen-bond acceptors (Lipinski definition) is 4. The number of thiophene rings is 1. The monoisotopic (exact) mass is 194 g/mol. The minimum atomic E-state index is -0.188. The number of aldehydes is 1. The fourth-order valence-electron chi connectivity index (χ4n) is 1.21. The molecule has 0 aliphatic carbocycles. The third kappa shape index (κ3) is 1.08. The average molecular weight is 194 g/mol. The molecule has 13 heavy (non-hydrogen) atoms. The molecule has 4 nitrogen and oxygen atoms in total. The summed E-state index contributed by atoms with van der Waals surface area (Å²) in [5.74, 6) is 0. The maximum absolute atomic E-state index is 11.3. The minimum absolute atomic E-state index is 0.188. The Labute approximate surface area is 77.2 Å². The molecule has 0 saturated heterocycles. The van der Waals surface area contributed by atoms with Gasteiger partial charge in [0.15, 0.2) is 6.29 Å². The highest BCUT2D eigenvalue weighted by Crippen LogP contribution is 2.24. The molecule has 0 spiro atoms. The van der Waals surface area contributed by atoms with Gasteiger partial charge in [-0.2, -0.15) is 0 Å². The van der Waals surface area contributed by atoms with Crippen molar-refractivity contribution in [1.29, 1.82) is 0 Å². The van der Waals surface area contributed by atoms with Crippen LogP contribution < -0.4 is 5.56 Å². The number of nitrogens with one attached hydrogen (secondary N) is 1. The van der Waals surface area contributed by atoms with E-state index in [4.69, 9.17) is 0 Å². The van der Waals surface area contributed by atoms with Crippen LogP contribution in [0.3, 0.4) is 0 Å². The molecular formula is C8H6N2O2S. The van der Waals surface area contributed by atoms with Crippen molar-refractivity contribution in [3.05, 3.63) is 27.1 Å². The fourth-order valence-corrected chi connectivity index (χ4v) is 2.17. The molecule has 66 valence electrons. The molecule has 0 radical (unpaired) electrons. The highest BCUT2D eigenvalue weighted by molar-refractivity contribution is 7.20. The first kappa shape index (κ1) is 8.12. The Hall–Kier alpha value is -1.49. The summed E-state index contributed by atoms with van der Waals surface area (Å²) in [5, 5.41) is 0.523. The second-order valence-electron chi connectivity index (χ2n) is 2.62. The molecule has 0 fully saturated rings. The number of carbonyl (C=O) groups is 1. The zero-order valence-corrected chi connectivity index (χ0v) is 7.64. The second-order valence-corrected chi connectivity index (χ2v) is 3.65. The molecule has 0 bridgehead atoms. The van der Waals surface area contributed by atoms with Crippen LogP contribution >= 0.6 is 11.3 Å². The number of carbonyl (C=O) groups excluding carboxylic acids is 1. The third-order valence-corrected chi connectivity index (χ3v) is 3.00. The van der Waals surface area contributed by atoms with Gasteiger partial charge in [-0.15, -0.1) is 11.3 Å². The summed E-state index contributed by atoms with van der Waals surface area (Å²) < 4.78 is 0. The summed E-state index contributed by atoms with van der Waals surface area (Å²) in [6.07, 6.45) is 2.09. The minimum Gasteiger partial charge on any atom is -0.313 e. The van der Waals surface area contributed by atoms with Gasteiger partial charge in [0.1, 0.15) is 4.83 Å². The molecule has 0 amide bonds. The van der Waals surface area contributed by atoms with E-state index in [0.717, 1.165) is 6.29 Å². The number of rotatable bonds is 1. The van der Waals surface area contributed by atoms with Crippen molar-refractivity contribution in [3.63, 3.8) is 0 Å². The number of hydrogen-bond donors (Lipinski definition) is 1. The van der Waals surface area contributed by atoms with Crippen LogP contribution in [0.15, 0.2) is 11.1 Å². The predicted molar refractivity (Wildman–Crippen MR) is 50.4 cm³/mol. The van der Waals surface area contributed by atoms with Gasteiger partial charge < -0.3 is 4.98 Å². The van der Waals surface area contributed by atoms with E-state index in [1.54, 1.807) is 6.92 Å². The third-order valence-electron chi connectivity index (χ3n) is 1.88. The number of H-pyrrole nitrogens is 1. The van der Waals surface area contributed by atoms with Crippen LogP contribution in [0.25, 0.3) is 10.2 Å². The van der Waals surface area contributed by atoms with Gasteiger partial charge in [-0.3, -0.25) is 9.59 Å². The number of fused-ring (bicyclic) bond motifs is 1. The molecule has 5 heteroatoms. The van der Waals surface area contributed by atoms with Crippen LogP contribution in [0, 0.1) is 6.92 Å². The van der Waals surface area contributed by atoms with Crippen LogP contribution in [0.1, 0.15) is 15.2 Å². The normalized spacial score (nSPS) is 10.5. The Morgan fingerprint density at radius 1 is 1.62 bits per heavy atom. The number of nitrogens with zero attached hydrogens (tertiary/aromatic N) is 1. The topological polar surface area (TPSA) is 62.8 Å². The van der Waals surface area contributed by atoms with Gasteiger partial charge in [0.25, 0.3) is 5.56 Å². The molecular weight excluding hydrogens is 188 g/mol. The van der Waals surface area contributed by atoms with E-state index in [2.05, 4.69) is 9.97 Å². The fraction of sp³-hybridized carbons (Fsp3) is 0.125. The molecule has 2 aromatic heterocycles. The summed E-state index contributed by atoms with van der Waals surface area (Å²) >= 11 is 1.24. The largest absolute Gasteiger partial charge is 0.313 e. The van der Waals surface area contributed by atoms with E-state index < -0.39 is 0 Å². The molecule has 0 aromatic carbocycles. The lowest BCUT2D eigenvalue weighted by Crippen LogP contribution is -2.05. The lowest BCUT2D eigenvalue weighted by molar-refractivity contribution is 0.112. The van der Waals surface area contributed by atoms with Crippen LogP contribution in [-0.2, 0) is 0 Å². The van der Waals surface area contributed by atoms with Crippen LogP contribution in [-0.4, -0.2) is 16.3 Å². The molecule has 1 N–H and O–H groups in total. The first-order chi connectivity index (χ1) is 6.24. The second kappa shape index (κ2) is 2.77. The Bertz CT molecular complexity index is 526. The zero-order valence-electron chi connectivity index (χ0n) is 6.83. The van der Waals surface area contributed by atoms with Crippen LogP contribution in [0.2, 0.25) is 0 Å². The SMILES string of the molecule is Cc1c(C=O)sc2nc[nH]c(=O)c12. The average Bonchev–Trinajstić information content (AvgIpc) is 2.44. The number of aromatic amines is 1. The number of aryl methyl sites for hydroxylation is 1. The van der Waals surface area contributed by atoms with Gasteiger partial charge in [0.2, 0.25) is 0 Å². The van der Waals surface area contributed by atoms with E-state index in [9.17, 15) is 9.59 Å². The van der Waals surface area contributed by atoms with Crippen molar-refractivity contribution in [3.8, 4) is 0 Å². The standard InChI is InChI=1S/C8H6N2O2S/c1-4-5(2-11)13-8-6(4)7(12)9-3-10-8/h2-3H,1H3,(H,9,10,12).